The molecule has 0 radical (unpaired) electrons. The second-order valence-electron chi connectivity index (χ2n) is 7.38. The van der Waals surface area contributed by atoms with Gasteiger partial charge < -0.3 is 14.8 Å². The van der Waals surface area contributed by atoms with E-state index in [4.69, 9.17) is 16.6 Å². The first-order valence-electron chi connectivity index (χ1n) is 10.3. The van der Waals surface area contributed by atoms with Crippen LogP contribution in [0.3, 0.4) is 0 Å². The number of hydrogen-bond acceptors (Lipinski definition) is 3. The standard InChI is InChI=1S/C25H23ClN4O2/c1-29(18-9-3-2-4-10-18)24(31)17-30-22-14-8-7-13-21(22)28-23(30)15-16-27-25(32)19-11-5-6-12-20(19)26/h2-14H,15-17H2,1H3,(H,27,32). The number of nitrogens with one attached hydrogen (secondary N) is 1. The molecule has 0 aliphatic rings. The summed E-state index contributed by atoms with van der Waals surface area (Å²) in [6, 6.07) is 24.2. The van der Waals surface area contributed by atoms with Crippen molar-refractivity contribution in [2.75, 3.05) is 18.5 Å². The molecule has 4 aromatic rings. The number of carbonyl (C=O) groups is 2. The van der Waals surface area contributed by atoms with E-state index in [1.54, 1.807) is 36.2 Å². The minimum Gasteiger partial charge on any atom is -0.352 e. The van der Waals surface area contributed by atoms with E-state index in [-0.39, 0.29) is 18.4 Å². The van der Waals surface area contributed by atoms with Crippen LogP contribution >= 0.6 is 11.6 Å². The second kappa shape index (κ2) is 9.66. The lowest BCUT2D eigenvalue weighted by molar-refractivity contribution is -0.118. The summed E-state index contributed by atoms with van der Waals surface area (Å²) >= 11 is 6.11. The van der Waals surface area contributed by atoms with Crippen molar-refractivity contribution >= 4 is 40.1 Å². The molecule has 7 heteroatoms. The molecule has 1 N–H and O–H groups in total. The normalized spacial score (nSPS) is 10.8. The van der Waals surface area contributed by atoms with Crippen molar-refractivity contribution in [2.24, 2.45) is 0 Å². The number of rotatable bonds is 7. The van der Waals surface area contributed by atoms with Crippen molar-refractivity contribution in [3.05, 3.63) is 95.3 Å². The van der Waals surface area contributed by atoms with Crippen LogP contribution < -0.4 is 10.2 Å². The van der Waals surface area contributed by atoms with Crippen LogP contribution in [0, 0.1) is 0 Å². The Morgan fingerprint density at radius 1 is 0.969 bits per heavy atom. The molecule has 0 saturated carbocycles. The number of fused-ring (bicyclic) bond motifs is 1. The average Bonchev–Trinajstić information content (AvgIpc) is 3.16. The molecule has 32 heavy (non-hydrogen) atoms. The molecule has 0 aliphatic carbocycles. The summed E-state index contributed by atoms with van der Waals surface area (Å²) < 4.78 is 1.92. The van der Waals surface area contributed by atoms with Crippen molar-refractivity contribution in [1.82, 2.24) is 14.9 Å². The van der Waals surface area contributed by atoms with Crippen LogP contribution in [0.25, 0.3) is 11.0 Å². The molecular formula is C25H23ClN4O2. The molecule has 3 aromatic carbocycles. The van der Waals surface area contributed by atoms with Gasteiger partial charge >= 0.3 is 0 Å². The zero-order valence-electron chi connectivity index (χ0n) is 17.7. The van der Waals surface area contributed by atoms with Crippen LogP contribution in [0.15, 0.2) is 78.9 Å². The maximum atomic E-state index is 13.0. The van der Waals surface area contributed by atoms with Crippen molar-refractivity contribution < 1.29 is 9.59 Å². The number of carbonyl (C=O) groups excluding carboxylic acids is 2. The van der Waals surface area contributed by atoms with E-state index in [1.165, 1.54) is 0 Å². The monoisotopic (exact) mass is 446 g/mol. The highest BCUT2D eigenvalue weighted by Crippen LogP contribution is 2.19. The van der Waals surface area contributed by atoms with Gasteiger partial charge in [-0.1, -0.05) is 54.1 Å². The van der Waals surface area contributed by atoms with Crippen molar-refractivity contribution in [3.8, 4) is 0 Å². The lowest BCUT2D eigenvalue weighted by Gasteiger charge is -2.19. The highest BCUT2D eigenvalue weighted by molar-refractivity contribution is 6.33. The van der Waals surface area contributed by atoms with Crippen molar-refractivity contribution in [1.29, 1.82) is 0 Å². The highest BCUT2D eigenvalue weighted by Gasteiger charge is 2.17. The summed E-state index contributed by atoms with van der Waals surface area (Å²) in [6.45, 7) is 0.524. The fourth-order valence-electron chi connectivity index (χ4n) is 3.56. The smallest absolute Gasteiger partial charge is 0.252 e. The predicted octanol–water partition coefficient (Wildman–Crippen LogP) is 4.33. The fourth-order valence-corrected chi connectivity index (χ4v) is 3.78. The van der Waals surface area contributed by atoms with E-state index in [2.05, 4.69) is 5.32 Å². The molecule has 0 aliphatic heterocycles. The summed E-state index contributed by atoms with van der Waals surface area (Å²) in [6.07, 6.45) is 0.479. The van der Waals surface area contributed by atoms with Crippen LogP contribution in [0.5, 0.6) is 0 Å². The van der Waals surface area contributed by atoms with E-state index in [0.29, 0.717) is 23.6 Å². The third-order valence-electron chi connectivity index (χ3n) is 5.30. The molecule has 0 spiro atoms. The highest BCUT2D eigenvalue weighted by atomic mass is 35.5. The molecule has 4 rings (SSSR count). The number of hydrogen-bond donors (Lipinski definition) is 1. The maximum absolute atomic E-state index is 13.0. The van der Waals surface area contributed by atoms with Crippen molar-refractivity contribution in [2.45, 2.75) is 13.0 Å². The van der Waals surface area contributed by atoms with Gasteiger partial charge in [-0.2, -0.15) is 0 Å². The predicted molar refractivity (Wildman–Crippen MR) is 127 cm³/mol. The Labute approximate surface area is 191 Å². The van der Waals surface area contributed by atoms with Gasteiger partial charge in [0.15, 0.2) is 0 Å². The summed E-state index contributed by atoms with van der Waals surface area (Å²) in [5, 5.41) is 3.30. The Morgan fingerprint density at radius 2 is 1.66 bits per heavy atom. The Kier molecular flexibility index (Phi) is 6.52. The molecule has 1 aromatic heterocycles. The zero-order chi connectivity index (χ0) is 22.5. The van der Waals surface area contributed by atoms with Gasteiger partial charge in [0.2, 0.25) is 5.91 Å². The third-order valence-corrected chi connectivity index (χ3v) is 5.63. The maximum Gasteiger partial charge on any atom is 0.252 e. The van der Waals surface area contributed by atoms with Crippen LogP contribution in [0.1, 0.15) is 16.2 Å². The fraction of sp³-hybridized carbons (Fsp3) is 0.160. The topological polar surface area (TPSA) is 67.2 Å². The Morgan fingerprint density at radius 3 is 2.44 bits per heavy atom. The first-order valence-corrected chi connectivity index (χ1v) is 10.7. The number of anilines is 1. The number of nitrogens with zero attached hydrogens (tertiary/aromatic N) is 3. The van der Waals surface area contributed by atoms with Gasteiger partial charge in [0, 0.05) is 25.7 Å². The van der Waals surface area contributed by atoms with Gasteiger partial charge in [-0.3, -0.25) is 9.59 Å². The summed E-state index contributed by atoms with van der Waals surface area (Å²) in [5.41, 5.74) is 2.96. The molecule has 0 saturated heterocycles. The zero-order valence-corrected chi connectivity index (χ0v) is 18.4. The van der Waals surface area contributed by atoms with Gasteiger partial charge in [0.25, 0.3) is 5.91 Å². The lowest BCUT2D eigenvalue weighted by atomic mass is 10.2. The number of likely N-dealkylation sites (N-methyl/N-ethyl adjacent to an activating group) is 1. The van der Waals surface area contributed by atoms with Crippen LogP contribution in [0.4, 0.5) is 5.69 Å². The third kappa shape index (κ3) is 4.65. The van der Waals surface area contributed by atoms with Gasteiger partial charge in [-0.15, -0.1) is 0 Å². The molecular weight excluding hydrogens is 424 g/mol. The van der Waals surface area contributed by atoms with Gasteiger partial charge in [0.05, 0.1) is 21.6 Å². The van der Waals surface area contributed by atoms with E-state index < -0.39 is 0 Å². The molecule has 0 fully saturated rings. The molecule has 6 nitrogen and oxygen atoms in total. The van der Waals surface area contributed by atoms with E-state index >= 15 is 0 Å². The number of imidazole rings is 1. The summed E-state index contributed by atoms with van der Waals surface area (Å²) in [5.74, 6) is 0.444. The molecule has 2 amide bonds. The number of halogens is 1. The average molecular weight is 447 g/mol. The first-order chi connectivity index (χ1) is 15.5. The minimum atomic E-state index is -0.238. The Bertz CT molecular complexity index is 1250. The quantitative estimate of drug-likeness (QED) is 0.459. The number of benzene rings is 3. The van der Waals surface area contributed by atoms with Gasteiger partial charge in [0.1, 0.15) is 12.4 Å². The molecule has 162 valence electrons. The first kappa shape index (κ1) is 21.6. The Hall–Kier alpha value is -3.64. The molecule has 0 bridgehead atoms. The van der Waals surface area contributed by atoms with E-state index in [9.17, 15) is 9.59 Å². The van der Waals surface area contributed by atoms with Crippen LogP contribution in [-0.4, -0.2) is 35.0 Å². The van der Waals surface area contributed by atoms with Crippen molar-refractivity contribution in [3.63, 3.8) is 0 Å². The van der Waals surface area contributed by atoms with Gasteiger partial charge in [-0.25, -0.2) is 4.98 Å². The molecule has 1 heterocycles. The minimum absolute atomic E-state index is 0.0549. The van der Waals surface area contributed by atoms with Crippen LogP contribution in [0.2, 0.25) is 5.02 Å². The number of aromatic nitrogens is 2. The number of amides is 2. The van der Waals surface area contributed by atoms with E-state index in [0.717, 1.165) is 22.5 Å². The van der Waals surface area contributed by atoms with E-state index in [1.807, 2.05) is 59.2 Å². The molecule has 0 unspecified atom stereocenters. The summed E-state index contributed by atoms with van der Waals surface area (Å²) in [7, 11) is 1.76. The molecule has 0 atom stereocenters. The second-order valence-corrected chi connectivity index (χ2v) is 7.78. The summed E-state index contributed by atoms with van der Waals surface area (Å²) in [4.78, 5) is 31.8. The number of para-hydroxylation sites is 3. The lowest BCUT2D eigenvalue weighted by Crippen LogP contribution is -2.31. The SMILES string of the molecule is CN(C(=O)Cn1c(CCNC(=O)c2ccccc2Cl)nc2ccccc21)c1ccccc1. The van der Waals surface area contributed by atoms with Crippen LogP contribution in [-0.2, 0) is 17.8 Å². The largest absolute Gasteiger partial charge is 0.352 e. The Balaban J connectivity index is 1.51. The van der Waals surface area contributed by atoms with Gasteiger partial charge in [-0.05, 0) is 36.4 Å².